The highest BCUT2D eigenvalue weighted by atomic mass is 16.5. The predicted octanol–water partition coefficient (Wildman–Crippen LogP) is 1.97. The van der Waals surface area contributed by atoms with E-state index in [0.29, 0.717) is 19.5 Å². The summed E-state index contributed by atoms with van der Waals surface area (Å²) in [7, 11) is 0. The maximum atomic E-state index is 12.4. The fraction of sp³-hybridized carbons (Fsp3) is 0.368. The van der Waals surface area contributed by atoms with E-state index >= 15 is 0 Å². The van der Waals surface area contributed by atoms with Crippen molar-refractivity contribution in [2.45, 2.75) is 25.4 Å². The summed E-state index contributed by atoms with van der Waals surface area (Å²) in [4.78, 5) is 18.2. The van der Waals surface area contributed by atoms with Crippen molar-refractivity contribution in [3.8, 4) is 5.75 Å². The Morgan fingerprint density at radius 3 is 2.96 bits per heavy atom. The third-order valence-electron chi connectivity index (χ3n) is 4.24. The molecular weight excluding hydrogens is 304 g/mol. The fourth-order valence-electron chi connectivity index (χ4n) is 2.88. The molecule has 126 valence electrons. The van der Waals surface area contributed by atoms with E-state index in [-0.39, 0.29) is 18.9 Å². The van der Waals surface area contributed by atoms with Crippen molar-refractivity contribution in [1.29, 1.82) is 0 Å². The van der Waals surface area contributed by atoms with Crippen LogP contribution in [0.5, 0.6) is 5.75 Å². The molecule has 1 saturated heterocycles. The number of β-amino-alcohol motifs (C(OH)–C–C–N with tert-alkyl or cyclic N) is 1. The van der Waals surface area contributed by atoms with Gasteiger partial charge in [0.1, 0.15) is 18.0 Å². The summed E-state index contributed by atoms with van der Waals surface area (Å²) in [5.41, 5.74) is 0.857. The first-order valence-corrected chi connectivity index (χ1v) is 8.14. The first-order valence-electron chi connectivity index (χ1n) is 8.14. The summed E-state index contributed by atoms with van der Waals surface area (Å²) >= 11 is 0. The summed E-state index contributed by atoms with van der Waals surface area (Å²) in [6, 6.07) is 13.2. The molecule has 0 spiro atoms. The topological polar surface area (TPSA) is 62.7 Å². The Morgan fingerprint density at radius 1 is 1.33 bits per heavy atom. The highest BCUT2D eigenvalue weighted by Crippen LogP contribution is 2.24. The number of benzene rings is 1. The second-order valence-corrected chi connectivity index (χ2v) is 6.39. The lowest BCUT2D eigenvalue weighted by atomic mass is 10.1. The van der Waals surface area contributed by atoms with Crippen LogP contribution < -0.4 is 4.74 Å². The Balaban J connectivity index is 1.54. The number of carbonyl (C=O) groups excluding carboxylic acids is 1. The van der Waals surface area contributed by atoms with Crippen molar-refractivity contribution < 1.29 is 14.6 Å². The van der Waals surface area contributed by atoms with E-state index in [1.165, 1.54) is 0 Å². The largest absolute Gasteiger partial charge is 0.491 e. The number of nitrogens with zero attached hydrogens (tertiary/aromatic N) is 2. The van der Waals surface area contributed by atoms with Crippen LogP contribution >= 0.6 is 0 Å². The molecule has 1 aliphatic rings. The second-order valence-electron chi connectivity index (χ2n) is 6.39. The summed E-state index contributed by atoms with van der Waals surface area (Å²) in [6.07, 6.45) is 2.46. The van der Waals surface area contributed by atoms with Crippen LogP contribution in [0.3, 0.4) is 0 Å². The number of amides is 1. The summed E-state index contributed by atoms with van der Waals surface area (Å²) in [5, 5.41) is 10.7. The lowest BCUT2D eigenvalue weighted by Gasteiger charge is -2.23. The molecular formula is C19H22N2O3. The van der Waals surface area contributed by atoms with Crippen LogP contribution in [-0.4, -0.2) is 46.2 Å². The zero-order valence-corrected chi connectivity index (χ0v) is 13.8. The summed E-state index contributed by atoms with van der Waals surface area (Å²) in [5.74, 6) is 0.724. The van der Waals surface area contributed by atoms with Crippen molar-refractivity contribution in [2.24, 2.45) is 0 Å². The van der Waals surface area contributed by atoms with Crippen molar-refractivity contribution >= 4 is 5.91 Å². The van der Waals surface area contributed by atoms with E-state index in [1.54, 1.807) is 11.1 Å². The Bertz CT molecular complexity index is 705. The number of pyridine rings is 1. The lowest BCUT2D eigenvalue weighted by Crippen LogP contribution is -2.41. The molecule has 1 atom stereocenters. The van der Waals surface area contributed by atoms with Gasteiger partial charge in [-0.1, -0.05) is 18.2 Å². The van der Waals surface area contributed by atoms with Gasteiger partial charge in [0.25, 0.3) is 0 Å². The van der Waals surface area contributed by atoms with Crippen LogP contribution in [0.2, 0.25) is 0 Å². The van der Waals surface area contributed by atoms with Gasteiger partial charge in [-0.3, -0.25) is 9.78 Å². The van der Waals surface area contributed by atoms with Crippen molar-refractivity contribution in [2.75, 3.05) is 19.7 Å². The molecule has 1 amide bonds. The first-order chi connectivity index (χ1) is 11.5. The smallest absolute Gasteiger partial charge is 0.228 e. The van der Waals surface area contributed by atoms with Gasteiger partial charge in [-0.25, -0.2) is 0 Å². The minimum atomic E-state index is -0.997. The highest BCUT2D eigenvalue weighted by molar-refractivity contribution is 5.78. The lowest BCUT2D eigenvalue weighted by molar-refractivity contribution is -0.130. The van der Waals surface area contributed by atoms with Gasteiger partial charge in [-0.15, -0.1) is 0 Å². The maximum Gasteiger partial charge on any atom is 0.228 e. The molecule has 1 aliphatic heterocycles. The number of rotatable bonds is 5. The molecule has 0 bridgehead atoms. The summed E-state index contributed by atoms with van der Waals surface area (Å²) in [6.45, 7) is 3.02. The van der Waals surface area contributed by atoms with Crippen molar-refractivity contribution in [1.82, 2.24) is 9.88 Å². The van der Waals surface area contributed by atoms with Crippen molar-refractivity contribution in [3.05, 3.63) is 59.9 Å². The average Bonchev–Trinajstić information content (AvgIpc) is 2.97. The van der Waals surface area contributed by atoms with Gasteiger partial charge >= 0.3 is 0 Å². The van der Waals surface area contributed by atoms with Gasteiger partial charge < -0.3 is 14.7 Å². The van der Waals surface area contributed by atoms with E-state index < -0.39 is 5.60 Å². The average molecular weight is 326 g/mol. The van der Waals surface area contributed by atoms with Crippen LogP contribution in [0.1, 0.15) is 17.7 Å². The van der Waals surface area contributed by atoms with Gasteiger partial charge in [0.15, 0.2) is 0 Å². The van der Waals surface area contributed by atoms with Crippen LogP contribution in [-0.2, 0) is 11.2 Å². The molecule has 0 aliphatic carbocycles. The fourth-order valence-corrected chi connectivity index (χ4v) is 2.88. The number of likely N-dealkylation sites (tertiary alicyclic amines) is 1. The van der Waals surface area contributed by atoms with E-state index in [0.717, 1.165) is 17.0 Å². The van der Waals surface area contributed by atoms with E-state index in [4.69, 9.17) is 4.74 Å². The van der Waals surface area contributed by atoms with E-state index in [9.17, 15) is 9.90 Å². The number of aliphatic hydroxyl groups is 1. The van der Waals surface area contributed by atoms with Gasteiger partial charge in [-0.05, 0) is 43.2 Å². The Morgan fingerprint density at radius 2 is 2.21 bits per heavy atom. The highest BCUT2D eigenvalue weighted by Gasteiger charge is 2.38. The molecule has 5 nitrogen and oxygen atoms in total. The number of aryl methyl sites for hydroxylation is 1. The number of carbonyl (C=O) groups is 1. The predicted molar refractivity (Wildman–Crippen MR) is 90.8 cm³/mol. The monoisotopic (exact) mass is 326 g/mol. The molecule has 2 heterocycles. The van der Waals surface area contributed by atoms with Crippen LogP contribution in [0.15, 0.2) is 48.7 Å². The SMILES string of the molecule is Cc1cccc(OC[C@]2(O)CCN(C(=O)Cc3ccccn3)C2)c1. The van der Waals surface area contributed by atoms with Crippen LogP contribution in [0, 0.1) is 6.92 Å². The Kier molecular flexibility index (Phi) is 4.81. The molecule has 0 saturated carbocycles. The molecule has 1 N–H and O–H groups in total. The third kappa shape index (κ3) is 4.11. The van der Waals surface area contributed by atoms with Crippen molar-refractivity contribution in [3.63, 3.8) is 0 Å². The molecule has 24 heavy (non-hydrogen) atoms. The zero-order chi connectivity index (χ0) is 17.0. The third-order valence-corrected chi connectivity index (χ3v) is 4.24. The van der Waals surface area contributed by atoms with Crippen LogP contribution in [0.4, 0.5) is 0 Å². The minimum absolute atomic E-state index is 0.0137. The van der Waals surface area contributed by atoms with Gasteiger partial charge in [0, 0.05) is 18.4 Å². The molecule has 0 radical (unpaired) electrons. The zero-order valence-electron chi connectivity index (χ0n) is 13.8. The molecule has 3 rings (SSSR count). The maximum absolute atomic E-state index is 12.4. The number of ether oxygens (including phenoxy) is 1. The minimum Gasteiger partial charge on any atom is -0.491 e. The van der Waals surface area contributed by atoms with Crippen LogP contribution in [0.25, 0.3) is 0 Å². The van der Waals surface area contributed by atoms with Gasteiger partial charge in [0.2, 0.25) is 5.91 Å². The standard InChI is InChI=1S/C19H22N2O3/c1-15-5-4-7-17(11-15)24-14-19(23)8-10-21(13-19)18(22)12-16-6-2-3-9-20-16/h2-7,9,11,23H,8,10,12-14H2,1H3/t19-/m0/s1. The Labute approximate surface area is 141 Å². The summed E-state index contributed by atoms with van der Waals surface area (Å²) < 4.78 is 5.72. The number of aromatic nitrogens is 1. The quantitative estimate of drug-likeness (QED) is 0.912. The van der Waals surface area contributed by atoms with E-state index in [1.807, 2.05) is 49.4 Å². The molecule has 0 unspecified atom stereocenters. The molecule has 5 heteroatoms. The van der Waals surface area contributed by atoms with E-state index in [2.05, 4.69) is 4.98 Å². The number of hydrogen-bond acceptors (Lipinski definition) is 4. The molecule has 1 aromatic carbocycles. The second kappa shape index (κ2) is 7.01. The molecule has 1 aromatic heterocycles. The Hall–Kier alpha value is -2.40. The van der Waals surface area contributed by atoms with Gasteiger partial charge in [-0.2, -0.15) is 0 Å². The normalized spacial score (nSPS) is 20.2. The van der Waals surface area contributed by atoms with Gasteiger partial charge in [0.05, 0.1) is 13.0 Å². The number of hydrogen-bond donors (Lipinski definition) is 1. The molecule has 2 aromatic rings. The molecule has 1 fully saturated rings. The first kappa shape index (κ1) is 16.5.